The second kappa shape index (κ2) is 4.82. The first-order valence-electron chi connectivity index (χ1n) is 3.99. The Labute approximate surface area is 81.4 Å². The van der Waals surface area contributed by atoms with Crippen LogP contribution in [0.2, 0.25) is 0 Å². The third-order valence-electron chi connectivity index (χ3n) is 1.67. The van der Waals surface area contributed by atoms with Gasteiger partial charge in [0.15, 0.2) is 5.69 Å². The molecule has 1 aromatic heterocycles. The number of hydrogen-bond acceptors (Lipinski definition) is 2. The summed E-state index contributed by atoms with van der Waals surface area (Å²) >= 11 is 5.52. The molecule has 0 saturated carbocycles. The van der Waals surface area contributed by atoms with E-state index in [4.69, 9.17) is 16.7 Å². The van der Waals surface area contributed by atoms with E-state index in [1.807, 2.05) is 0 Å². The molecule has 1 N–H and O–H groups in total. The first-order chi connectivity index (χ1) is 6.25. The standard InChI is InChI=1S/C9H10ClNO2/c10-5-1-3-7-4-2-6-11-8(7)9(12)13/h2,4,6H,1,3,5H2,(H,12,13). The van der Waals surface area contributed by atoms with Crippen molar-refractivity contribution in [1.82, 2.24) is 4.98 Å². The number of rotatable bonds is 4. The largest absolute Gasteiger partial charge is 0.477 e. The van der Waals surface area contributed by atoms with Gasteiger partial charge >= 0.3 is 5.97 Å². The second-order valence-corrected chi connectivity index (χ2v) is 2.99. The van der Waals surface area contributed by atoms with Gasteiger partial charge in [0.25, 0.3) is 0 Å². The van der Waals surface area contributed by atoms with Gasteiger partial charge in [-0.1, -0.05) is 6.07 Å². The Morgan fingerprint density at radius 3 is 3.00 bits per heavy atom. The van der Waals surface area contributed by atoms with E-state index in [0.29, 0.717) is 12.3 Å². The monoisotopic (exact) mass is 199 g/mol. The van der Waals surface area contributed by atoms with Crippen LogP contribution in [0, 0.1) is 0 Å². The summed E-state index contributed by atoms with van der Waals surface area (Å²) < 4.78 is 0. The van der Waals surface area contributed by atoms with Crippen molar-refractivity contribution in [2.45, 2.75) is 12.8 Å². The lowest BCUT2D eigenvalue weighted by molar-refractivity contribution is 0.0689. The quantitative estimate of drug-likeness (QED) is 0.755. The van der Waals surface area contributed by atoms with E-state index in [1.165, 1.54) is 6.20 Å². The molecule has 4 heteroatoms. The Morgan fingerprint density at radius 1 is 1.62 bits per heavy atom. The summed E-state index contributed by atoms with van der Waals surface area (Å²) in [7, 11) is 0. The molecule has 0 unspecified atom stereocenters. The number of carboxylic acids is 1. The van der Waals surface area contributed by atoms with Crippen molar-refractivity contribution in [3.8, 4) is 0 Å². The van der Waals surface area contributed by atoms with Gasteiger partial charge < -0.3 is 5.11 Å². The van der Waals surface area contributed by atoms with E-state index < -0.39 is 5.97 Å². The summed E-state index contributed by atoms with van der Waals surface area (Å²) in [6.45, 7) is 0. The van der Waals surface area contributed by atoms with Gasteiger partial charge in [-0.25, -0.2) is 9.78 Å². The molecule has 0 saturated heterocycles. The first kappa shape index (κ1) is 9.99. The van der Waals surface area contributed by atoms with E-state index in [-0.39, 0.29) is 5.69 Å². The van der Waals surface area contributed by atoms with Crippen molar-refractivity contribution in [1.29, 1.82) is 0 Å². The molecule has 0 atom stereocenters. The molecule has 0 aliphatic heterocycles. The van der Waals surface area contributed by atoms with Gasteiger partial charge in [0.05, 0.1) is 0 Å². The number of carbonyl (C=O) groups is 1. The predicted molar refractivity (Wildman–Crippen MR) is 50.2 cm³/mol. The van der Waals surface area contributed by atoms with Crippen molar-refractivity contribution in [3.05, 3.63) is 29.6 Å². The van der Waals surface area contributed by atoms with Crippen LogP contribution in [0.4, 0.5) is 0 Å². The Morgan fingerprint density at radius 2 is 2.38 bits per heavy atom. The average molecular weight is 200 g/mol. The number of alkyl halides is 1. The molecular weight excluding hydrogens is 190 g/mol. The number of pyridine rings is 1. The van der Waals surface area contributed by atoms with Crippen molar-refractivity contribution >= 4 is 17.6 Å². The number of aryl methyl sites for hydroxylation is 1. The zero-order valence-corrected chi connectivity index (χ0v) is 7.79. The van der Waals surface area contributed by atoms with Crippen LogP contribution >= 0.6 is 11.6 Å². The fraction of sp³-hybridized carbons (Fsp3) is 0.333. The number of nitrogens with zero attached hydrogens (tertiary/aromatic N) is 1. The van der Waals surface area contributed by atoms with Crippen LogP contribution < -0.4 is 0 Å². The van der Waals surface area contributed by atoms with Crippen LogP contribution in [0.1, 0.15) is 22.5 Å². The summed E-state index contributed by atoms with van der Waals surface area (Å²) in [5, 5.41) is 8.77. The summed E-state index contributed by atoms with van der Waals surface area (Å²) in [4.78, 5) is 14.5. The third-order valence-corrected chi connectivity index (χ3v) is 1.94. The van der Waals surface area contributed by atoms with Crippen LogP contribution in [-0.4, -0.2) is 21.9 Å². The average Bonchev–Trinajstić information content (AvgIpc) is 2.15. The number of hydrogen-bond donors (Lipinski definition) is 1. The van der Waals surface area contributed by atoms with Gasteiger partial charge in [-0.2, -0.15) is 0 Å². The summed E-state index contributed by atoms with van der Waals surface area (Å²) in [6.07, 6.45) is 2.92. The Kier molecular flexibility index (Phi) is 3.71. The van der Waals surface area contributed by atoms with Crippen molar-refractivity contribution < 1.29 is 9.90 Å². The number of aromatic carboxylic acids is 1. The number of halogens is 1. The van der Waals surface area contributed by atoms with E-state index in [2.05, 4.69) is 4.98 Å². The van der Waals surface area contributed by atoms with Gasteiger partial charge in [0.2, 0.25) is 0 Å². The molecule has 70 valence electrons. The first-order valence-corrected chi connectivity index (χ1v) is 4.52. The Balaban J connectivity index is 2.84. The fourth-order valence-electron chi connectivity index (χ4n) is 1.09. The molecule has 0 spiro atoms. The van der Waals surface area contributed by atoms with E-state index in [0.717, 1.165) is 12.0 Å². The molecule has 0 fully saturated rings. The zero-order chi connectivity index (χ0) is 9.68. The van der Waals surface area contributed by atoms with E-state index in [1.54, 1.807) is 12.1 Å². The summed E-state index contributed by atoms with van der Waals surface area (Å²) in [5.74, 6) is -0.446. The van der Waals surface area contributed by atoms with Crippen molar-refractivity contribution in [3.63, 3.8) is 0 Å². The summed E-state index contributed by atoms with van der Waals surface area (Å²) in [5.41, 5.74) is 0.878. The van der Waals surface area contributed by atoms with Crippen LogP contribution in [0.25, 0.3) is 0 Å². The van der Waals surface area contributed by atoms with Crippen molar-refractivity contribution in [2.75, 3.05) is 5.88 Å². The maximum absolute atomic E-state index is 10.7. The molecule has 0 radical (unpaired) electrons. The molecule has 0 amide bonds. The Hall–Kier alpha value is -1.09. The van der Waals surface area contributed by atoms with Gasteiger partial charge in [0, 0.05) is 12.1 Å². The molecular formula is C9H10ClNO2. The van der Waals surface area contributed by atoms with Gasteiger partial charge in [-0.05, 0) is 24.5 Å². The minimum Gasteiger partial charge on any atom is -0.477 e. The Bertz CT molecular complexity index is 301. The molecule has 1 heterocycles. The molecule has 13 heavy (non-hydrogen) atoms. The third kappa shape index (κ3) is 2.70. The maximum atomic E-state index is 10.7. The van der Waals surface area contributed by atoms with Crippen LogP contribution in [0.5, 0.6) is 0 Å². The van der Waals surface area contributed by atoms with Crippen molar-refractivity contribution in [2.24, 2.45) is 0 Å². The molecule has 1 aromatic rings. The van der Waals surface area contributed by atoms with Crippen LogP contribution in [0.3, 0.4) is 0 Å². The lowest BCUT2D eigenvalue weighted by Gasteiger charge is -2.02. The minimum atomic E-state index is -0.981. The second-order valence-electron chi connectivity index (χ2n) is 2.61. The van der Waals surface area contributed by atoms with Crippen LogP contribution in [0.15, 0.2) is 18.3 Å². The molecule has 0 aliphatic carbocycles. The molecule has 1 rings (SSSR count). The zero-order valence-electron chi connectivity index (χ0n) is 7.03. The highest BCUT2D eigenvalue weighted by Crippen LogP contribution is 2.08. The van der Waals surface area contributed by atoms with E-state index in [9.17, 15) is 4.79 Å². The lowest BCUT2D eigenvalue weighted by Crippen LogP contribution is -2.05. The smallest absolute Gasteiger partial charge is 0.354 e. The fourth-order valence-corrected chi connectivity index (χ4v) is 1.22. The molecule has 0 aliphatic rings. The van der Waals surface area contributed by atoms with Gasteiger partial charge in [0.1, 0.15) is 0 Å². The van der Waals surface area contributed by atoms with Gasteiger partial charge in [-0.15, -0.1) is 11.6 Å². The highest BCUT2D eigenvalue weighted by molar-refractivity contribution is 6.17. The highest BCUT2D eigenvalue weighted by Gasteiger charge is 2.09. The lowest BCUT2D eigenvalue weighted by atomic mass is 10.1. The molecule has 0 bridgehead atoms. The van der Waals surface area contributed by atoms with Crippen LogP contribution in [-0.2, 0) is 6.42 Å². The normalized spacial score (nSPS) is 9.92. The van der Waals surface area contributed by atoms with Gasteiger partial charge in [-0.3, -0.25) is 0 Å². The number of carboxylic acid groups (broad SMARTS) is 1. The maximum Gasteiger partial charge on any atom is 0.354 e. The topological polar surface area (TPSA) is 50.2 Å². The minimum absolute atomic E-state index is 0.132. The SMILES string of the molecule is O=C(O)c1ncccc1CCCCl. The van der Waals surface area contributed by atoms with E-state index >= 15 is 0 Å². The number of aromatic nitrogens is 1. The highest BCUT2D eigenvalue weighted by atomic mass is 35.5. The molecule has 3 nitrogen and oxygen atoms in total. The summed E-state index contributed by atoms with van der Waals surface area (Å²) in [6, 6.07) is 3.50. The molecule has 0 aromatic carbocycles. The predicted octanol–water partition coefficient (Wildman–Crippen LogP) is 1.95.